The van der Waals surface area contributed by atoms with E-state index in [9.17, 15) is 9.59 Å². The molecular formula is C40H24Cl2N4O2S6. The van der Waals surface area contributed by atoms with Gasteiger partial charge in [-0.15, -0.1) is 22.7 Å². The SMILES string of the molecule is O=C1/C(=C\c2ccccc2Cl)SC(=S)N1c1nc(-c2ccc(CCc3ccc(-c4csc(N5C(=O)/C(=C\c6ccccc6Cl)SC5=S)n4)cc3)cc2)cs1. The highest BCUT2D eigenvalue weighted by Crippen LogP contribution is 2.41. The maximum absolute atomic E-state index is 13.3. The third kappa shape index (κ3) is 7.75. The van der Waals surface area contributed by atoms with Crippen LogP contribution in [0.1, 0.15) is 22.3 Å². The number of thiocarbonyl (C=S) groups is 2. The summed E-state index contributed by atoms with van der Waals surface area (Å²) in [5.74, 6) is -0.407. The molecule has 6 nitrogen and oxygen atoms in total. The van der Waals surface area contributed by atoms with E-state index in [-0.39, 0.29) is 11.8 Å². The molecule has 2 amide bonds. The normalized spacial score (nSPS) is 16.1. The lowest BCUT2D eigenvalue weighted by Crippen LogP contribution is -2.27. The van der Waals surface area contributed by atoms with Gasteiger partial charge in [0, 0.05) is 31.9 Å². The van der Waals surface area contributed by atoms with Crippen molar-refractivity contribution in [3.63, 3.8) is 0 Å². The van der Waals surface area contributed by atoms with Gasteiger partial charge in [-0.3, -0.25) is 9.59 Å². The quantitative estimate of drug-likeness (QED) is 0.105. The molecule has 0 bridgehead atoms. The van der Waals surface area contributed by atoms with Crippen LogP contribution >= 0.6 is 93.8 Å². The Hall–Kier alpha value is -3.98. The minimum Gasteiger partial charge on any atom is -0.268 e. The van der Waals surface area contributed by atoms with Crippen molar-refractivity contribution >= 4 is 137 Å². The van der Waals surface area contributed by atoms with Gasteiger partial charge in [0.15, 0.2) is 18.9 Å². The molecule has 2 aliphatic rings. The summed E-state index contributed by atoms with van der Waals surface area (Å²) in [6.07, 6.45) is 5.28. The zero-order valence-corrected chi connectivity index (χ0v) is 34.2. The van der Waals surface area contributed by atoms with Crippen LogP contribution < -0.4 is 9.80 Å². The van der Waals surface area contributed by atoms with Gasteiger partial charge >= 0.3 is 0 Å². The molecule has 266 valence electrons. The van der Waals surface area contributed by atoms with E-state index in [4.69, 9.17) is 57.6 Å². The monoisotopic (exact) mass is 854 g/mol. The van der Waals surface area contributed by atoms with E-state index in [0.29, 0.717) is 38.8 Å². The summed E-state index contributed by atoms with van der Waals surface area (Å²) in [6.45, 7) is 0. The molecule has 14 heteroatoms. The number of benzene rings is 4. The highest BCUT2D eigenvalue weighted by Gasteiger charge is 2.36. The van der Waals surface area contributed by atoms with Crippen LogP contribution in [0, 0.1) is 0 Å². The van der Waals surface area contributed by atoms with Crippen molar-refractivity contribution in [3.8, 4) is 22.5 Å². The van der Waals surface area contributed by atoms with Gasteiger partial charge in [-0.05, 0) is 59.4 Å². The second-order valence-corrected chi connectivity index (χ2v) is 17.8. The Labute approximate surface area is 348 Å². The molecule has 0 saturated carbocycles. The topological polar surface area (TPSA) is 66.4 Å². The lowest BCUT2D eigenvalue weighted by Gasteiger charge is -2.10. The van der Waals surface area contributed by atoms with E-state index >= 15 is 0 Å². The molecule has 0 atom stereocenters. The van der Waals surface area contributed by atoms with Crippen molar-refractivity contribution in [3.05, 3.63) is 150 Å². The minimum absolute atomic E-state index is 0.203. The predicted molar refractivity (Wildman–Crippen MR) is 237 cm³/mol. The number of thioether (sulfide) groups is 2. The van der Waals surface area contributed by atoms with E-state index in [2.05, 4.69) is 48.5 Å². The number of amides is 2. The molecule has 0 spiro atoms. The Morgan fingerprint density at radius 3 is 1.35 bits per heavy atom. The van der Waals surface area contributed by atoms with E-state index in [1.54, 1.807) is 24.3 Å². The summed E-state index contributed by atoms with van der Waals surface area (Å²) in [7, 11) is 0. The summed E-state index contributed by atoms with van der Waals surface area (Å²) in [4.78, 5) is 40.1. The number of aryl methyl sites for hydroxylation is 2. The Balaban J connectivity index is 0.878. The average molecular weight is 856 g/mol. The van der Waals surface area contributed by atoms with Crippen LogP contribution in [-0.4, -0.2) is 30.4 Å². The van der Waals surface area contributed by atoms with Gasteiger partial charge in [0.1, 0.15) is 0 Å². The van der Waals surface area contributed by atoms with Crippen molar-refractivity contribution in [2.75, 3.05) is 9.80 Å². The third-order valence-corrected chi connectivity index (χ3v) is 13.5. The molecule has 0 aliphatic carbocycles. The van der Waals surface area contributed by atoms with Crippen LogP contribution in [0.5, 0.6) is 0 Å². The van der Waals surface area contributed by atoms with Crippen LogP contribution in [0.25, 0.3) is 34.7 Å². The van der Waals surface area contributed by atoms with Crippen LogP contribution in [0.2, 0.25) is 10.0 Å². The van der Waals surface area contributed by atoms with Crippen molar-refractivity contribution < 1.29 is 9.59 Å². The van der Waals surface area contributed by atoms with E-state index in [1.807, 2.05) is 47.2 Å². The molecule has 2 fully saturated rings. The Morgan fingerprint density at radius 2 is 0.963 bits per heavy atom. The van der Waals surface area contributed by atoms with Crippen LogP contribution in [0.15, 0.2) is 118 Å². The highest BCUT2D eigenvalue weighted by atomic mass is 35.5. The molecule has 54 heavy (non-hydrogen) atoms. The lowest BCUT2D eigenvalue weighted by molar-refractivity contribution is -0.114. The highest BCUT2D eigenvalue weighted by molar-refractivity contribution is 8.27. The molecule has 8 rings (SSSR count). The van der Waals surface area contributed by atoms with Gasteiger partial charge in [-0.25, -0.2) is 19.8 Å². The first kappa shape index (κ1) is 37.0. The molecule has 0 unspecified atom stereocenters. The van der Waals surface area contributed by atoms with Crippen molar-refractivity contribution in [1.82, 2.24) is 9.97 Å². The average Bonchev–Trinajstić information content (AvgIpc) is 3.97. The maximum atomic E-state index is 13.3. The molecule has 2 saturated heterocycles. The zero-order valence-electron chi connectivity index (χ0n) is 27.8. The molecule has 0 N–H and O–H groups in total. The van der Waals surface area contributed by atoms with E-state index in [0.717, 1.165) is 46.5 Å². The molecule has 2 aromatic heterocycles. The van der Waals surface area contributed by atoms with Gasteiger partial charge < -0.3 is 0 Å². The van der Waals surface area contributed by atoms with Gasteiger partial charge in [0.2, 0.25) is 0 Å². The van der Waals surface area contributed by atoms with Gasteiger partial charge in [-0.1, -0.05) is 156 Å². The first-order chi connectivity index (χ1) is 26.2. The molecule has 4 aromatic carbocycles. The van der Waals surface area contributed by atoms with Crippen molar-refractivity contribution in [1.29, 1.82) is 0 Å². The third-order valence-electron chi connectivity index (χ3n) is 8.54. The number of rotatable bonds is 9. The largest absolute Gasteiger partial charge is 0.272 e. The standard InChI is InChI=1S/C40H24Cl2N4O2S6/c41-29-7-3-1-5-27(29)19-33-35(47)45(39(49)53-33)37-43-31(21-51-37)25-15-11-23(12-16-25)9-10-24-13-17-26(18-14-24)32-22-52-38(44-32)46-36(48)34(54-40(46)50)20-28-6-2-4-8-30(28)42/h1-8,11-22H,9-10H2/b33-19+,34-20+. The number of carbonyl (C=O) groups excluding carboxylic acids is 2. The number of thiazole rings is 2. The molecule has 6 aromatic rings. The summed E-state index contributed by atoms with van der Waals surface area (Å²) in [6, 6.07) is 31.5. The smallest absolute Gasteiger partial charge is 0.268 e. The van der Waals surface area contributed by atoms with E-state index < -0.39 is 0 Å². The zero-order chi connectivity index (χ0) is 37.3. The predicted octanol–water partition coefficient (Wildman–Crippen LogP) is 11.8. The van der Waals surface area contributed by atoms with Crippen molar-refractivity contribution in [2.24, 2.45) is 0 Å². The fraction of sp³-hybridized carbons (Fsp3) is 0.0500. The van der Waals surface area contributed by atoms with Crippen LogP contribution in [0.4, 0.5) is 10.3 Å². The van der Waals surface area contributed by atoms with Crippen molar-refractivity contribution in [2.45, 2.75) is 12.8 Å². The summed E-state index contributed by atoms with van der Waals surface area (Å²) in [5, 5.41) is 6.12. The second kappa shape index (κ2) is 16.0. The molecule has 0 radical (unpaired) electrons. The number of halogens is 2. The minimum atomic E-state index is -0.203. The maximum Gasteiger partial charge on any atom is 0.272 e. The number of hydrogen-bond acceptors (Lipinski definition) is 10. The summed E-state index contributed by atoms with van der Waals surface area (Å²) >= 11 is 29.0. The fourth-order valence-corrected chi connectivity index (χ4v) is 10.5. The van der Waals surface area contributed by atoms with Gasteiger partial charge in [-0.2, -0.15) is 0 Å². The molecule has 4 heterocycles. The number of carbonyl (C=O) groups is 2. The summed E-state index contributed by atoms with van der Waals surface area (Å²) < 4.78 is 0.886. The Bertz CT molecular complexity index is 2350. The number of nitrogens with zero attached hydrogens (tertiary/aromatic N) is 4. The first-order valence-corrected chi connectivity index (χ1v) is 21.3. The molecular weight excluding hydrogens is 832 g/mol. The van der Waals surface area contributed by atoms with Gasteiger partial charge in [0.05, 0.1) is 21.2 Å². The number of anilines is 2. The Morgan fingerprint density at radius 1 is 0.574 bits per heavy atom. The fourth-order valence-electron chi connectivity index (χ4n) is 5.70. The van der Waals surface area contributed by atoms with E-state index in [1.165, 1.54) is 67.1 Å². The first-order valence-electron chi connectivity index (χ1n) is 16.4. The second-order valence-electron chi connectivity index (χ2n) is 12.0. The van der Waals surface area contributed by atoms with Crippen LogP contribution in [-0.2, 0) is 22.4 Å². The summed E-state index contributed by atoms with van der Waals surface area (Å²) in [5.41, 5.74) is 7.45. The van der Waals surface area contributed by atoms with Gasteiger partial charge in [0.25, 0.3) is 11.8 Å². The lowest BCUT2D eigenvalue weighted by atomic mass is 10.0. The van der Waals surface area contributed by atoms with Crippen LogP contribution in [0.3, 0.4) is 0 Å². The number of aromatic nitrogens is 2. The number of hydrogen-bond donors (Lipinski definition) is 0. The Kier molecular flexibility index (Phi) is 11.0. The molecule has 2 aliphatic heterocycles.